The maximum atomic E-state index is 11.5. The van der Waals surface area contributed by atoms with E-state index in [2.05, 4.69) is 21.2 Å². The number of nitriles is 1. The highest BCUT2D eigenvalue weighted by atomic mass is 79.9. The third kappa shape index (κ3) is 3.48. The topological polar surface area (TPSA) is 71.4 Å². The molecule has 0 saturated heterocycles. The summed E-state index contributed by atoms with van der Waals surface area (Å²) in [5.74, 6) is 0.639. The number of likely N-dealkylation sites (N-methyl/N-ethyl adjacent to an activating group) is 1. The summed E-state index contributed by atoms with van der Waals surface area (Å²) < 4.78 is 11.0. The Balaban J connectivity index is 3.32. The van der Waals surface area contributed by atoms with Gasteiger partial charge in [-0.2, -0.15) is 5.26 Å². The van der Waals surface area contributed by atoms with Crippen molar-refractivity contribution in [1.29, 1.82) is 5.26 Å². The quantitative estimate of drug-likeness (QED) is 0.680. The van der Waals surface area contributed by atoms with Crippen molar-refractivity contribution in [3.63, 3.8) is 0 Å². The van der Waals surface area contributed by atoms with Gasteiger partial charge in [-0.15, -0.1) is 0 Å². The molecule has 0 radical (unpaired) electrons. The molecule has 6 heteroatoms. The van der Waals surface area contributed by atoms with Crippen molar-refractivity contribution in [3.8, 4) is 17.6 Å². The Bertz CT molecular complexity index is 562. The predicted molar refractivity (Wildman–Crippen MR) is 74.9 cm³/mol. The number of ether oxygens (including phenoxy) is 2. The Hall–Kier alpha value is -2.00. The molecule has 0 aliphatic carbocycles. The lowest BCUT2D eigenvalue weighted by Crippen LogP contribution is -2.19. The molecule has 1 aromatic carbocycles. The third-order valence-corrected chi connectivity index (χ3v) is 3.08. The first-order chi connectivity index (χ1) is 9.07. The summed E-state index contributed by atoms with van der Waals surface area (Å²) in [6.07, 6.45) is 1.48. The molecule has 1 N–H and O–H groups in total. The van der Waals surface area contributed by atoms with Crippen LogP contribution in [0.3, 0.4) is 0 Å². The van der Waals surface area contributed by atoms with Crippen molar-refractivity contribution in [2.24, 2.45) is 0 Å². The van der Waals surface area contributed by atoms with Crippen LogP contribution in [0.4, 0.5) is 0 Å². The molecule has 0 atom stereocenters. The molecular weight excluding hydrogens is 312 g/mol. The first-order valence-corrected chi connectivity index (χ1v) is 6.12. The molecule has 19 heavy (non-hydrogen) atoms. The molecule has 0 aliphatic heterocycles. The third-order valence-electron chi connectivity index (χ3n) is 2.39. The fraction of sp³-hybridized carbons (Fsp3) is 0.231. The summed E-state index contributed by atoms with van der Waals surface area (Å²) in [4.78, 5) is 11.5. The lowest BCUT2D eigenvalue weighted by Gasteiger charge is -2.10. The van der Waals surface area contributed by atoms with Crippen molar-refractivity contribution in [1.82, 2.24) is 5.32 Å². The second-order valence-corrected chi connectivity index (χ2v) is 4.33. The molecule has 0 aromatic heterocycles. The molecular formula is C13H13BrN2O3. The SMILES string of the molecule is CNC(=O)/C(C#N)=C/c1cc(OC)c(OC)cc1Br. The van der Waals surface area contributed by atoms with Crippen molar-refractivity contribution in [2.45, 2.75) is 0 Å². The van der Waals surface area contributed by atoms with Crippen molar-refractivity contribution >= 4 is 27.9 Å². The van der Waals surface area contributed by atoms with Crippen LogP contribution < -0.4 is 14.8 Å². The molecule has 0 fully saturated rings. The normalized spacial score (nSPS) is 10.6. The van der Waals surface area contributed by atoms with Gasteiger partial charge in [-0.25, -0.2) is 0 Å². The van der Waals surface area contributed by atoms with Gasteiger partial charge in [0.25, 0.3) is 5.91 Å². The van der Waals surface area contributed by atoms with E-state index in [1.54, 1.807) is 12.1 Å². The van der Waals surface area contributed by atoms with Crippen LogP contribution >= 0.6 is 15.9 Å². The average Bonchev–Trinajstić information content (AvgIpc) is 2.44. The van der Waals surface area contributed by atoms with Crippen LogP contribution in [0.5, 0.6) is 11.5 Å². The zero-order valence-corrected chi connectivity index (χ0v) is 12.4. The van der Waals surface area contributed by atoms with E-state index < -0.39 is 5.91 Å². The molecule has 100 valence electrons. The molecule has 5 nitrogen and oxygen atoms in total. The number of carbonyl (C=O) groups excluding carboxylic acids is 1. The zero-order chi connectivity index (χ0) is 14.4. The smallest absolute Gasteiger partial charge is 0.261 e. The standard InChI is InChI=1S/C13H13BrN2O3/c1-16-13(17)9(7-15)4-8-5-11(18-2)12(19-3)6-10(8)14/h4-6H,1-3H3,(H,16,17)/b9-4+. The van der Waals surface area contributed by atoms with Gasteiger partial charge in [-0.3, -0.25) is 4.79 Å². The van der Waals surface area contributed by atoms with E-state index >= 15 is 0 Å². The second kappa shape index (κ2) is 6.81. The highest BCUT2D eigenvalue weighted by Gasteiger charge is 2.11. The fourth-order valence-corrected chi connectivity index (χ4v) is 1.86. The van der Waals surface area contributed by atoms with Crippen LogP contribution in [-0.4, -0.2) is 27.2 Å². The maximum Gasteiger partial charge on any atom is 0.261 e. The minimum Gasteiger partial charge on any atom is -0.493 e. The van der Waals surface area contributed by atoms with E-state index in [4.69, 9.17) is 14.7 Å². The number of hydrogen-bond donors (Lipinski definition) is 1. The molecule has 0 spiro atoms. The summed E-state index contributed by atoms with van der Waals surface area (Å²) in [5.41, 5.74) is 0.660. The van der Waals surface area contributed by atoms with Crippen LogP contribution in [0.2, 0.25) is 0 Å². The van der Waals surface area contributed by atoms with Crippen LogP contribution in [0, 0.1) is 11.3 Å². The Labute approximate surface area is 119 Å². The number of nitrogens with one attached hydrogen (secondary N) is 1. The van der Waals surface area contributed by atoms with Gasteiger partial charge in [0.05, 0.1) is 14.2 Å². The van der Waals surface area contributed by atoms with E-state index in [-0.39, 0.29) is 5.57 Å². The Kier molecular flexibility index (Phi) is 5.39. The molecule has 0 aliphatic rings. The highest BCUT2D eigenvalue weighted by Crippen LogP contribution is 2.34. The van der Waals surface area contributed by atoms with Gasteiger partial charge in [0.15, 0.2) is 11.5 Å². The molecule has 0 saturated carbocycles. The monoisotopic (exact) mass is 324 g/mol. The minimum absolute atomic E-state index is 0.00965. The number of methoxy groups -OCH3 is 2. The second-order valence-electron chi connectivity index (χ2n) is 3.48. The number of carbonyl (C=O) groups is 1. The van der Waals surface area contributed by atoms with Gasteiger partial charge >= 0.3 is 0 Å². The molecule has 1 rings (SSSR count). The molecule has 1 amide bonds. The predicted octanol–water partition coefficient (Wildman–Crippen LogP) is 2.12. The lowest BCUT2D eigenvalue weighted by molar-refractivity contribution is -0.116. The Morgan fingerprint density at radius 2 is 1.95 bits per heavy atom. The molecule has 0 heterocycles. The lowest BCUT2D eigenvalue weighted by atomic mass is 10.1. The molecule has 0 bridgehead atoms. The number of nitrogens with zero attached hydrogens (tertiary/aromatic N) is 1. The fourth-order valence-electron chi connectivity index (χ4n) is 1.42. The summed E-state index contributed by atoms with van der Waals surface area (Å²) in [5, 5.41) is 11.4. The van der Waals surface area contributed by atoms with Crippen LogP contribution in [0.25, 0.3) is 6.08 Å². The highest BCUT2D eigenvalue weighted by molar-refractivity contribution is 9.10. The molecule has 0 unspecified atom stereocenters. The summed E-state index contributed by atoms with van der Waals surface area (Å²) in [6, 6.07) is 5.25. The maximum absolute atomic E-state index is 11.5. The van der Waals surface area contributed by atoms with Crippen molar-refractivity contribution in [2.75, 3.05) is 21.3 Å². The Morgan fingerprint density at radius 1 is 1.37 bits per heavy atom. The van der Waals surface area contributed by atoms with Gasteiger partial charge in [-0.1, -0.05) is 15.9 Å². The van der Waals surface area contributed by atoms with Gasteiger partial charge < -0.3 is 14.8 Å². The van der Waals surface area contributed by atoms with E-state index in [0.29, 0.717) is 21.5 Å². The number of benzene rings is 1. The van der Waals surface area contributed by atoms with E-state index in [1.165, 1.54) is 27.3 Å². The van der Waals surface area contributed by atoms with Crippen molar-refractivity contribution < 1.29 is 14.3 Å². The summed E-state index contributed by atoms with van der Waals surface area (Å²) >= 11 is 3.36. The zero-order valence-electron chi connectivity index (χ0n) is 10.8. The van der Waals surface area contributed by atoms with Gasteiger partial charge in [0.2, 0.25) is 0 Å². The molecule has 1 aromatic rings. The number of amides is 1. The summed E-state index contributed by atoms with van der Waals surface area (Å²) in [7, 11) is 4.52. The first-order valence-electron chi connectivity index (χ1n) is 5.32. The number of rotatable bonds is 4. The largest absolute Gasteiger partial charge is 0.493 e. The van der Waals surface area contributed by atoms with Crippen LogP contribution in [-0.2, 0) is 4.79 Å². The average molecular weight is 325 g/mol. The van der Waals surface area contributed by atoms with E-state index in [1.807, 2.05) is 6.07 Å². The van der Waals surface area contributed by atoms with Gasteiger partial charge in [0.1, 0.15) is 11.6 Å². The van der Waals surface area contributed by atoms with E-state index in [9.17, 15) is 4.79 Å². The number of halogens is 1. The van der Waals surface area contributed by atoms with Crippen LogP contribution in [0.15, 0.2) is 22.2 Å². The minimum atomic E-state index is -0.441. The Morgan fingerprint density at radius 3 is 2.42 bits per heavy atom. The summed E-state index contributed by atoms with van der Waals surface area (Å²) in [6.45, 7) is 0. The van der Waals surface area contributed by atoms with E-state index in [0.717, 1.165) is 0 Å². The number of hydrogen-bond acceptors (Lipinski definition) is 4. The van der Waals surface area contributed by atoms with Crippen molar-refractivity contribution in [3.05, 3.63) is 27.7 Å². The van der Waals surface area contributed by atoms with Crippen LogP contribution in [0.1, 0.15) is 5.56 Å². The first kappa shape index (κ1) is 15.1. The van der Waals surface area contributed by atoms with Gasteiger partial charge in [-0.05, 0) is 23.8 Å². The van der Waals surface area contributed by atoms with Gasteiger partial charge in [0, 0.05) is 11.5 Å².